The molecule has 0 spiro atoms. The van der Waals surface area contributed by atoms with Crippen LogP contribution in [0.4, 0.5) is 0 Å². The van der Waals surface area contributed by atoms with Crippen LogP contribution in [-0.2, 0) is 11.2 Å². The Labute approximate surface area is 144 Å². The van der Waals surface area contributed by atoms with Gasteiger partial charge in [0.1, 0.15) is 0 Å². The second-order valence-electron chi connectivity index (χ2n) is 5.24. The molecule has 1 N–H and O–H groups in total. The zero-order chi connectivity index (χ0) is 15.8. The monoisotopic (exact) mass is 377 g/mol. The Balaban J connectivity index is 1.68. The van der Waals surface area contributed by atoms with Gasteiger partial charge in [-0.25, -0.2) is 0 Å². The zero-order valence-corrected chi connectivity index (χ0v) is 15.0. The molecule has 0 aliphatic rings. The summed E-state index contributed by atoms with van der Waals surface area (Å²) in [7, 11) is 0. The summed E-state index contributed by atoms with van der Waals surface area (Å²) in [6, 6.07) is 18.6. The second kappa shape index (κ2) is 9.01. The van der Waals surface area contributed by atoms with E-state index >= 15 is 0 Å². The van der Waals surface area contributed by atoms with E-state index < -0.39 is 0 Å². The van der Waals surface area contributed by atoms with Crippen molar-refractivity contribution in [3.05, 3.63) is 64.6 Å². The third kappa shape index (κ3) is 6.24. The van der Waals surface area contributed by atoms with Crippen LogP contribution in [0.3, 0.4) is 0 Å². The second-order valence-corrected chi connectivity index (χ2v) is 7.20. The number of carbonyl (C=O) groups excluding carboxylic acids is 1. The molecule has 0 fully saturated rings. The summed E-state index contributed by atoms with van der Waals surface area (Å²) in [6.45, 7) is 2.06. The van der Waals surface area contributed by atoms with Crippen LogP contribution >= 0.6 is 27.7 Å². The lowest BCUT2D eigenvalue weighted by Crippen LogP contribution is -2.34. The highest BCUT2D eigenvalue weighted by molar-refractivity contribution is 9.10. The molecule has 0 aromatic heterocycles. The molecule has 0 heterocycles. The van der Waals surface area contributed by atoms with Crippen molar-refractivity contribution in [2.75, 3.05) is 5.75 Å². The van der Waals surface area contributed by atoms with Crippen molar-refractivity contribution in [1.82, 2.24) is 5.32 Å². The van der Waals surface area contributed by atoms with E-state index in [1.165, 1.54) is 5.56 Å². The number of aryl methyl sites for hydroxylation is 1. The molecule has 2 aromatic carbocycles. The Morgan fingerprint density at radius 3 is 2.50 bits per heavy atom. The third-order valence-electron chi connectivity index (χ3n) is 3.30. The minimum atomic E-state index is 0.0912. The predicted molar refractivity (Wildman–Crippen MR) is 97.2 cm³/mol. The van der Waals surface area contributed by atoms with Crippen molar-refractivity contribution >= 4 is 33.6 Å². The molecule has 2 nitrogen and oxygen atoms in total. The standard InChI is InChI=1S/C18H20BrNOS/c1-14(7-8-15-5-3-2-4-6-15)20-18(21)13-22-17-11-9-16(19)10-12-17/h2-6,9-12,14H,7-8,13H2,1H3,(H,20,21)/t14-/m0/s1. The van der Waals surface area contributed by atoms with Gasteiger partial charge in [0.2, 0.25) is 5.91 Å². The highest BCUT2D eigenvalue weighted by atomic mass is 79.9. The summed E-state index contributed by atoms with van der Waals surface area (Å²) in [5, 5.41) is 3.06. The van der Waals surface area contributed by atoms with E-state index in [0.717, 1.165) is 22.2 Å². The summed E-state index contributed by atoms with van der Waals surface area (Å²) >= 11 is 4.97. The normalized spacial score (nSPS) is 11.9. The fourth-order valence-electron chi connectivity index (χ4n) is 2.10. The summed E-state index contributed by atoms with van der Waals surface area (Å²) < 4.78 is 1.05. The van der Waals surface area contributed by atoms with Crippen molar-refractivity contribution in [1.29, 1.82) is 0 Å². The van der Waals surface area contributed by atoms with E-state index in [0.29, 0.717) is 5.75 Å². The summed E-state index contributed by atoms with van der Waals surface area (Å²) in [5.41, 5.74) is 1.31. The molecule has 0 radical (unpaired) electrons. The molecule has 2 rings (SSSR count). The van der Waals surface area contributed by atoms with Crippen LogP contribution in [0.2, 0.25) is 0 Å². The lowest BCUT2D eigenvalue weighted by Gasteiger charge is -2.13. The maximum absolute atomic E-state index is 12.0. The Bertz CT molecular complexity index is 586. The topological polar surface area (TPSA) is 29.1 Å². The van der Waals surface area contributed by atoms with Gasteiger partial charge >= 0.3 is 0 Å². The first-order valence-corrected chi connectivity index (χ1v) is 9.13. The largest absolute Gasteiger partial charge is 0.353 e. The van der Waals surface area contributed by atoms with E-state index in [2.05, 4.69) is 40.3 Å². The number of hydrogen-bond donors (Lipinski definition) is 1. The number of halogens is 1. The van der Waals surface area contributed by atoms with Crippen LogP contribution in [0.25, 0.3) is 0 Å². The lowest BCUT2D eigenvalue weighted by atomic mass is 10.1. The number of thioether (sulfide) groups is 1. The molecule has 0 aliphatic carbocycles. The SMILES string of the molecule is C[C@@H](CCc1ccccc1)NC(=O)CSc1ccc(Br)cc1. The van der Waals surface area contributed by atoms with Crippen LogP contribution in [0.1, 0.15) is 18.9 Å². The minimum Gasteiger partial charge on any atom is -0.353 e. The fourth-order valence-corrected chi connectivity index (χ4v) is 3.07. The highest BCUT2D eigenvalue weighted by Crippen LogP contribution is 2.20. The van der Waals surface area contributed by atoms with Gasteiger partial charge in [0, 0.05) is 15.4 Å². The van der Waals surface area contributed by atoms with Gasteiger partial charge in [-0.2, -0.15) is 0 Å². The van der Waals surface area contributed by atoms with Gasteiger partial charge in [0.15, 0.2) is 0 Å². The van der Waals surface area contributed by atoms with Crippen LogP contribution in [0, 0.1) is 0 Å². The molecule has 0 unspecified atom stereocenters. The Hall–Kier alpha value is -1.26. The van der Waals surface area contributed by atoms with Crippen molar-refractivity contribution in [2.24, 2.45) is 0 Å². The summed E-state index contributed by atoms with van der Waals surface area (Å²) in [5.74, 6) is 0.547. The number of carbonyl (C=O) groups is 1. The predicted octanol–water partition coefficient (Wildman–Crippen LogP) is 4.68. The number of hydrogen-bond acceptors (Lipinski definition) is 2. The van der Waals surface area contributed by atoms with Gasteiger partial charge in [0.05, 0.1) is 5.75 Å². The van der Waals surface area contributed by atoms with Crippen molar-refractivity contribution in [3.63, 3.8) is 0 Å². The van der Waals surface area contributed by atoms with Crippen LogP contribution < -0.4 is 5.32 Å². The lowest BCUT2D eigenvalue weighted by molar-refractivity contribution is -0.119. The maximum atomic E-state index is 12.0. The van der Waals surface area contributed by atoms with Crippen LogP contribution in [-0.4, -0.2) is 17.7 Å². The van der Waals surface area contributed by atoms with Gasteiger partial charge < -0.3 is 5.32 Å². The van der Waals surface area contributed by atoms with Gasteiger partial charge in [-0.3, -0.25) is 4.79 Å². The summed E-state index contributed by atoms with van der Waals surface area (Å²) in [6.07, 6.45) is 1.95. The summed E-state index contributed by atoms with van der Waals surface area (Å²) in [4.78, 5) is 13.1. The van der Waals surface area contributed by atoms with E-state index in [4.69, 9.17) is 0 Å². The van der Waals surface area contributed by atoms with Crippen molar-refractivity contribution < 1.29 is 4.79 Å². The van der Waals surface area contributed by atoms with E-state index in [9.17, 15) is 4.79 Å². The molecule has 0 saturated heterocycles. The molecule has 1 amide bonds. The first-order valence-electron chi connectivity index (χ1n) is 7.35. The molecule has 2 aromatic rings. The van der Waals surface area contributed by atoms with E-state index in [-0.39, 0.29) is 11.9 Å². The number of rotatable bonds is 7. The van der Waals surface area contributed by atoms with E-state index in [1.54, 1.807) is 11.8 Å². The average Bonchev–Trinajstić information content (AvgIpc) is 2.53. The minimum absolute atomic E-state index is 0.0912. The molecule has 116 valence electrons. The van der Waals surface area contributed by atoms with Gasteiger partial charge in [0.25, 0.3) is 0 Å². The van der Waals surface area contributed by atoms with Gasteiger partial charge in [-0.05, 0) is 49.6 Å². The Morgan fingerprint density at radius 2 is 1.82 bits per heavy atom. The average molecular weight is 378 g/mol. The molecule has 0 aliphatic heterocycles. The number of nitrogens with one attached hydrogen (secondary N) is 1. The van der Waals surface area contributed by atoms with Gasteiger partial charge in [-0.1, -0.05) is 46.3 Å². The quantitative estimate of drug-likeness (QED) is 0.709. The number of amides is 1. The van der Waals surface area contributed by atoms with Gasteiger partial charge in [-0.15, -0.1) is 11.8 Å². The zero-order valence-electron chi connectivity index (χ0n) is 12.6. The number of benzene rings is 2. The van der Waals surface area contributed by atoms with Crippen LogP contribution in [0.15, 0.2) is 64.0 Å². The third-order valence-corrected chi connectivity index (χ3v) is 4.84. The van der Waals surface area contributed by atoms with Crippen molar-refractivity contribution in [3.8, 4) is 0 Å². The van der Waals surface area contributed by atoms with Crippen LogP contribution in [0.5, 0.6) is 0 Å². The smallest absolute Gasteiger partial charge is 0.230 e. The maximum Gasteiger partial charge on any atom is 0.230 e. The van der Waals surface area contributed by atoms with Crippen molar-refractivity contribution in [2.45, 2.75) is 30.7 Å². The molecule has 0 saturated carbocycles. The highest BCUT2D eigenvalue weighted by Gasteiger charge is 2.08. The first-order chi connectivity index (χ1) is 10.6. The molecular formula is C18H20BrNOS. The fraction of sp³-hybridized carbons (Fsp3) is 0.278. The molecule has 1 atom stereocenters. The van der Waals surface area contributed by atoms with E-state index in [1.807, 2.05) is 42.5 Å². The Morgan fingerprint density at radius 1 is 1.14 bits per heavy atom. The molecule has 4 heteroatoms. The molecule has 0 bridgehead atoms. The molecule has 22 heavy (non-hydrogen) atoms. The Kier molecular flexibility index (Phi) is 7.00. The molecular weight excluding hydrogens is 358 g/mol. The first kappa shape index (κ1) is 17.1.